The minimum absolute atomic E-state index is 0.00242. The quantitative estimate of drug-likeness (QED) is 0.610. The number of carbonyl (C=O) groups excluding carboxylic acids is 2. The topological polar surface area (TPSA) is 95.6 Å². The fourth-order valence-corrected chi connectivity index (χ4v) is 5.24. The molecule has 1 aromatic carbocycles. The predicted molar refractivity (Wildman–Crippen MR) is 116 cm³/mol. The number of piperidine rings is 1. The average Bonchev–Trinajstić information content (AvgIpc) is 2.71. The Balaban J connectivity index is 1.95. The highest BCUT2D eigenvalue weighted by Crippen LogP contribution is 2.24. The van der Waals surface area contributed by atoms with E-state index in [-0.39, 0.29) is 28.7 Å². The first-order valence-electron chi connectivity index (χ1n) is 9.90. The lowest BCUT2D eigenvalue weighted by Crippen LogP contribution is -2.51. The van der Waals surface area contributed by atoms with E-state index >= 15 is 0 Å². The van der Waals surface area contributed by atoms with Crippen molar-refractivity contribution in [2.24, 2.45) is 5.92 Å². The van der Waals surface area contributed by atoms with Crippen molar-refractivity contribution in [1.29, 1.82) is 0 Å². The van der Waals surface area contributed by atoms with Crippen LogP contribution >= 0.6 is 11.8 Å². The van der Waals surface area contributed by atoms with Gasteiger partial charge < -0.3 is 10.6 Å². The first-order chi connectivity index (χ1) is 13.8. The molecule has 29 heavy (non-hydrogen) atoms. The summed E-state index contributed by atoms with van der Waals surface area (Å²) in [5.41, 5.74) is 0. The van der Waals surface area contributed by atoms with Crippen molar-refractivity contribution in [1.82, 2.24) is 14.9 Å². The van der Waals surface area contributed by atoms with Gasteiger partial charge in [0.1, 0.15) is 6.04 Å². The molecule has 1 atom stereocenters. The summed E-state index contributed by atoms with van der Waals surface area (Å²) in [5, 5.41) is 5.73. The Morgan fingerprint density at radius 1 is 1.14 bits per heavy atom. The molecule has 2 N–H and O–H groups in total. The van der Waals surface area contributed by atoms with E-state index in [1.54, 1.807) is 42.1 Å². The molecule has 9 heteroatoms. The lowest BCUT2D eigenvalue weighted by molar-refractivity contribution is -0.132. The molecule has 1 aromatic rings. The summed E-state index contributed by atoms with van der Waals surface area (Å²) in [7, 11) is -3.54. The molecular weight excluding hydrogens is 410 g/mol. The third-order valence-electron chi connectivity index (χ3n) is 4.88. The maximum atomic E-state index is 12.7. The summed E-state index contributed by atoms with van der Waals surface area (Å²) in [6.45, 7) is 4.36. The Morgan fingerprint density at radius 3 is 2.31 bits per heavy atom. The summed E-state index contributed by atoms with van der Waals surface area (Å²) >= 11 is 1.63. The van der Waals surface area contributed by atoms with Gasteiger partial charge in [0.15, 0.2) is 0 Å². The van der Waals surface area contributed by atoms with Crippen LogP contribution in [0.5, 0.6) is 0 Å². The van der Waals surface area contributed by atoms with Gasteiger partial charge in [-0.05, 0) is 57.3 Å². The molecule has 0 spiro atoms. The highest BCUT2D eigenvalue weighted by molar-refractivity contribution is 7.98. The van der Waals surface area contributed by atoms with E-state index in [1.807, 2.05) is 20.1 Å². The van der Waals surface area contributed by atoms with Crippen LogP contribution in [0.25, 0.3) is 0 Å². The van der Waals surface area contributed by atoms with Gasteiger partial charge in [0.05, 0.1) is 4.90 Å². The van der Waals surface area contributed by atoms with Crippen molar-refractivity contribution in [3.8, 4) is 0 Å². The van der Waals surface area contributed by atoms with Gasteiger partial charge in [0.2, 0.25) is 21.8 Å². The van der Waals surface area contributed by atoms with Crippen LogP contribution in [0.4, 0.5) is 0 Å². The highest BCUT2D eigenvalue weighted by Gasteiger charge is 2.33. The van der Waals surface area contributed by atoms with Crippen LogP contribution in [-0.4, -0.2) is 61.7 Å². The zero-order chi connectivity index (χ0) is 21.4. The van der Waals surface area contributed by atoms with Gasteiger partial charge in [-0.15, -0.1) is 0 Å². The SMILES string of the molecule is CSCC[C@@H](NC(=O)C1CCN(S(=O)(=O)c2ccccc2)CC1)C(=O)NC(C)C. The Hall–Kier alpha value is -1.58. The Labute approximate surface area is 178 Å². The Morgan fingerprint density at radius 2 is 1.76 bits per heavy atom. The molecule has 7 nitrogen and oxygen atoms in total. The maximum absolute atomic E-state index is 12.7. The van der Waals surface area contributed by atoms with Crippen molar-refractivity contribution < 1.29 is 18.0 Å². The fourth-order valence-electron chi connectivity index (χ4n) is 3.28. The molecule has 2 rings (SSSR count). The van der Waals surface area contributed by atoms with Crippen LogP contribution < -0.4 is 10.6 Å². The van der Waals surface area contributed by atoms with E-state index in [9.17, 15) is 18.0 Å². The molecule has 0 bridgehead atoms. The van der Waals surface area contributed by atoms with E-state index in [4.69, 9.17) is 0 Å². The summed E-state index contributed by atoms with van der Waals surface area (Å²) in [4.78, 5) is 25.4. The second-order valence-corrected chi connectivity index (χ2v) is 10.4. The lowest BCUT2D eigenvalue weighted by atomic mass is 9.96. The summed E-state index contributed by atoms with van der Waals surface area (Å²) < 4.78 is 26.9. The first kappa shape index (κ1) is 23.7. The zero-order valence-corrected chi connectivity index (χ0v) is 18.9. The van der Waals surface area contributed by atoms with Crippen molar-refractivity contribution in [2.75, 3.05) is 25.1 Å². The third-order valence-corrected chi connectivity index (χ3v) is 7.44. The number of rotatable bonds is 9. The van der Waals surface area contributed by atoms with Gasteiger partial charge in [-0.25, -0.2) is 8.42 Å². The molecule has 0 unspecified atom stereocenters. The molecule has 2 amide bonds. The molecule has 1 saturated heterocycles. The van der Waals surface area contributed by atoms with Crippen LogP contribution in [-0.2, 0) is 19.6 Å². The monoisotopic (exact) mass is 441 g/mol. The smallest absolute Gasteiger partial charge is 0.243 e. The van der Waals surface area contributed by atoms with Gasteiger partial charge in [0.25, 0.3) is 0 Å². The molecule has 1 aliphatic rings. The van der Waals surface area contributed by atoms with Crippen molar-refractivity contribution >= 4 is 33.6 Å². The van der Waals surface area contributed by atoms with E-state index in [0.29, 0.717) is 32.4 Å². The number of hydrogen-bond acceptors (Lipinski definition) is 5. The van der Waals surface area contributed by atoms with Crippen LogP contribution in [0.3, 0.4) is 0 Å². The van der Waals surface area contributed by atoms with Crippen molar-refractivity contribution in [3.05, 3.63) is 30.3 Å². The van der Waals surface area contributed by atoms with Gasteiger partial charge in [0, 0.05) is 25.0 Å². The summed E-state index contributed by atoms with van der Waals surface area (Å²) in [6, 6.07) is 7.77. The van der Waals surface area contributed by atoms with E-state index in [2.05, 4.69) is 10.6 Å². The van der Waals surface area contributed by atoms with E-state index < -0.39 is 16.1 Å². The normalized spacial score (nSPS) is 17.1. The van der Waals surface area contributed by atoms with Gasteiger partial charge in [-0.1, -0.05) is 18.2 Å². The number of nitrogens with one attached hydrogen (secondary N) is 2. The van der Waals surface area contributed by atoms with Crippen molar-refractivity contribution in [3.63, 3.8) is 0 Å². The van der Waals surface area contributed by atoms with Gasteiger partial charge in [-0.3, -0.25) is 9.59 Å². The minimum Gasteiger partial charge on any atom is -0.352 e. The van der Waals surface area contributed by atoms with Crippen LogP contribution in [0.2, 0.25) is 0 Å². The Bertz CT molecular complexity index is 776. The van der Waals surface area contributed by atoms with Crippen LogP contribution in [0, 0.1) is 5.92 Å². The number of benzene rings is 1. The van der Waals surface area contributed by atoms with Crippen LogP contribution in [0.1, 0.15) is 33.1 Å². The number of amides is 2. The minimum atomic E-state index is -3.54. The fraction of sp³-hybridized carbons (Fsp3) is 0.600. The largest absolute Gasteiger partial charge is 0.352 e. The third kappa shape index (κ3) is 6.72. The Kier molecular flexibility index (Phi) is 8.98. The van der Waals surface area contributed by atoms with Gasteiger partial charge >= 0.3 is 0 Å². The summed E-state index contributed by atoms with van der Waals surface area (Å²) in [6.07, 6.45) is 3.41. The lowest BCUT2D eigenvalue weighted by Gasteiger charge is -2.31. The number of thioether (sulfide) groups is 1. The molecule has 1 aliphatic heterocycles. The molecule has 1 fully saturated rings. The molecule has 1 heterocycles. The molecule has 0 aromatic heterocycles. The first-order valence-corrected chi connectivity index (χ1v) is 12.7. The maximum Gasteiger partial charge on any atom is 0.243 e. The zero-order valence-electron chi connectivity index (χ0n) is 17.3. The molecule has 162 valence electrons. The number of hydrogen-bond donors (Lipinski definition) is 2. The van der Waals surface area contributed by atoms with Crippen molar-refractivity contribution in [2.45, 2.75) is 50.1 Å². The highest BCUT2D eigenvalue weighted by atomic mass is 32.2. The van der Waals surface area contributed by atoms with E-state index in [1.165, 1.54) is 4.31 Å². The molecule has 0 radical (unpaired) electrons. The van der Waals surface area contributed by atoms with E-state index in [0.717, 1.165) is 5.75 Å². The van der Waals surface area contributed by atoms with Crippen LogP contribution in [0.15, 0.2) is 35.2 Å². The molecule has 0 aliphatic carbocycles. The number of carbonyl (C=O) groups is 2. The standard InChI is InChI=1S/C20H31N3O4S2/c1-15(2)21-20(25)18(11-14-28-3)22-19(24)16-9-12-23(13-10-16)29(26,27)17-7-5-4-6-8-17/h4-8,15-16,18H,9-14H2,1-3H3,(H,21,25)(H,22,24)/t18-/m1/s1. The second-order valence-electron chi connectivity index (χ2n) is 7.50. The number of nitrogens with zero attached hydrogens (tertiary/aromatic N) is 1. The molecular formula is C20H31N3O4S2. The molecule has 0 saturated carbocycles. The average molecular weight is 442 g/mol. The van der Waals surface area contributed by atoms with Gasteiger partial charge in [-0.2, -0.15) is 16.1 Å². The summed E-state index contributed by atoms with van der Waals surface area (Å²) in [5.74, 6) is 0.128. The number of sulfonamides is 1. The second kappa shape index (κ2) is 11.0. The predicted octanol–water partition coefficient (Wildman–Crippen LogP) is 1.85.